The van der Waals surface area contributed by atoms with Crippen molar-refractivity contribution in [2.24, 2.45) is 0 Å². The molecule has 0 radical (unpaired) electrons. The fraction of sp³-hybridized carbons (Fsp3) is 0.273. The van der Waals surface area contributed by atoms with Crippen molar-refractivity contribution in [3.8, 4) is 0 Å². The van der Waals surface area contributed by atoms with E-state index in [1.54, 1.807) is 0 Å². The highest BCUT2D eigenvalue weighted by Crippen LogP contribution is 2.16. The van der Waals surface area contributed by atoms with Gasteiger partial charge in [-0.15, -0.1) is 0 Å². The monoisotopic (exact) mass is 321 g/mol. The van der Waals surface area contributed by atoms with Crippen LogP contribution in [0.25, 0.3) is 0 Å². The average Bonchev–Trinajstić information content (AvgIpc) is 2.34. The van der Waals surface area contributed by atoms with E-state index >= 15 is 0 Å². The predicted octanol–water partition coefficient (Wildman–Crippen LogP) is 0.936. The first-order chi connectivity index (χ1) is 9.22. The molecule has 7 nitrogen and oxygen atoms in total. The Morgan fingerprint density at radius 2 is 1.95 bits per heavy atom. The van der Waals surface area contributed by atoms with Crippen molar-refractivity contribution in [1.82, 2.24) is 4.72 Å². The number of sulfonamides is 1. The van der Waals surface area contributed by atoms with Gasteiger partial charge in [0.1, 0.15) is 6.04 Å². The molecule has 1 atom stereocenters. The van der Waals surface area contributed by atoms with E-state index in [-0.39, 0.29) is 16.3 Å². The van der Waals surface area contributed by atoms with Crippen molar-refractivity contribution < 1.29 is 28.2 Å². The van der Waals surface area contributed by atoms with Gasteiger partial charge in [0.05, 0.1) is 4.90 Å². The van der Waals surface area contributed by atoms with Gasteiger partial charge in [0.15, 0.2) is 0 Å². The quantitative estimate of drug-likeness (QED) is 0.687. The molecule has 0 aliphatic carbocycles. The van der Waals surface area contributed by atoms with E-state index in [1.165, 1.54) is 24.3 Å². The van der Waals surface area contributed by atoms with Crippen LogP contribution >= 0.6 is 11.6 Å². The summed E-state index contributed by atoms with van der Waals surface area (Å²) in [7, 11) is -4.08. The molecule has 9 heteroatoms. The molecule has 1 aromatic carbocycles. The molecular weight excluding hydrogens is 310 g/mol. The zero-order valence-corrected chi connectivity index (χ0v) is 11.7. The van der Waals surface area contributed by atoms with Crippen LogP contribution in [-0.4, -0.2) is 36.6 Å². The second kappa shape index (κ2) is 6.69. The van der Waals surface area contributed by atoms with Crippen LogP contribution in [0.3, 0.4) is 0 Å². The lowest BCUT2D eigenvalue weighted by atomic mass is 10.2. The minimum absolute atomic E-state index is 0.185. The van der Waals surface area contributed by atoms with Crippen LogP contribution in [0.1, 0.15) is 12.8 Å². The molecule has 0 heterocycles. The van der Waals surface area contributed by atoms with E-state index in [1.807, 2.05) is 4.72 Å². The molecule has 0 bridgehead atoms. The fourth-order valence-electron chi connectivity index (χ4n) is 1.39. The Bertz CT molecular complexity index is 615. The van der Waals surface area contributed by atoms with Crippen LogP contribution in [0.2, 0.25) is 5.02 Å². The summed E-state index contributed by atoms with van der Waals surface area (Å²) in [5.74, 6) is -2.66. The maximum Gasteiger partial charge on any atom is 0.321 e. The van der Waals surface area contributed by atoms with Gasteiger partial charge in [-0.05, 0) is 24.6 Å². The zero-order valence-electron chi connectivity index (χ0n) is 10.1. The summed E-state index contributed by atoms with van der Waals surface area (Å²) in [4.78, 5) is 21.2. The minimum atomic E-state index is -4.08. The summed E-state index contributed by atoms with van der Waals surface area (Å²) in [6.45, 7) is 0. The number of carboxylic acid groups (broad SMARTS) is 2. The first-order valence-electron chi connectivity index (χ1n) is 5.45. The molecule has 0 aliphatic heterocycles. The zero-order chi connectivity index (χ0) is 15.3. The number of hydrogen-bond acceptors (Lipinski definition) is 4. The van der Waals surface area contributed by atoms with E-state index in [0.717, 1.165) is 0 Å². The van der Waals surface area contributed by atoms with Crippen molar-refractivity contribution in [3.63, 3.8) is 0 Å². The molecule has 3 N–H and O–H groups in total. The third kappa shape index (κ3) is 4.80. The normalized spacial score (nSPS) is 12.8. The largest absolute Gasteiger partial charge is 0.481 e. The molecule has 0 fully saturated rings. The minimum Gasteiger partial charge on any atom is -0.481 e. The number of halogens is 1. The number of carbonyl (C=O) groups is 2. The Morgan fingerprint density at radius 1 is 1.30 bits per heavy atom. The number of carboxylic acids is 2. The van der Waals surface area contributed by atoms with Crippen LogP contribution in [-0.2, 0) is 19.6 Å². The Labute approximate surface area is 120 Å². The lowest BCUT2D eigenvalue weighted by molar-refractivity contribution is -0.140. The van der Waals surface area contributed by atoms with Crippen molar-refractivity contribution in [2.45, 2.75) is 23.8 Å². The molecule has 0 aromatic heterocycles. The molecule has 1 rings (SSSR count). The van der Waals surface area contributed by atoms with Gasteiger partial charge in [0.2, 0.25) is 10.0 Å². The summed E-state index contributed by atoms with van der Waals surface area (Å²) in [6.07, 6.45) is -0.820. The standard InChI is InChI=1S/C11H12ClNO6S/c12-7-2-1-3-8(6-7)20(18,19)13-9(11(16)17)4-5-10(14)15/h1-3,6,9,13H,4-5H2,(H,14,15)(H,16,17). The molecule has 0 amide bonds. The highest BCUT2D eigenvalue weighted by molar-refractivity contribution is 7.89. The molecular formula is C11H12ClNO6S. The van der Waals surface area contributed by atoms with Gasteiger partial charge < -0.3 is 10.2 Å². The Hall–Kier alpha value is -1.64. The van der Waals surface area contributed by atoms with Crippen LogP contribution < -0.4 is 4.72 Å². The average molecular weight is 322 g/mol. The van der Waals surface area contributed by atoms with Gasteiger partial charge in [-0.25, -0.2) is 8.42 Å². The summed E-state index contributed by atoms with van der Waals surface area (Å²) in [5.41, 5.74) is 0. The van der Waals surface area contributed by atoms with Gasteiger partial charge >= 0.3 is 11.9 Å². The summed E-state index contributed by atoms with van der Waals surface area (Å²) >= 11 is 5.67. The summed E-state index contributed by atoms with van der Waals surface area (Å²) in [6, 6.07) is 3.78. The van der Waals surface area contributed by atoms with Crippen molar-refractivity contribution >= 4 is 33.6 Å². The van der Waals surface area contributed by atoms with Crippen molar-refractivity contribution in [2.75, 3.05) is 0 Å². The lowest BCUT2D eigenvalue weighted by Gasteiger charge is -2.14. The predicted molar refractivity (Wildman–Crippen MR) is 70.1 cm³/mol. The van der Waals surface area contributed by atoms with E-state index < -0.39 is 34.4 Å². The molecule has 1 unspecified atom stereocenters. The molecule has 0 aliphatic rings. The van der Waals surface area contributed by atoms with Crippen molar-refractivity contribution in [3.05, 3.63) is 29.3 Å². The maximum absolute atomic E-state index is 12.0. The fourth-order valence-corrected chi connectivity index (χ4v) is 2.91. The second-order valence-electron chi connectivity index (χ2n) is 3.90. The third-order valence-corrected chi connectivity index (χ3v) is 4.05. The number of nitrogens with one attached hydrogen (secondary N) is 1. The molecule has 110 valence electrons. The first kappa shape index (κ1) is 16.4. The lowest BCUT2D eigenvalue weighted by Crippen LogP contribution is -2.41. The van der Waals surface area contributed by atoms with Crippen LogP contribution in [0, 0.1) is 0 Å². The maximum atomic E-state index is 12.0. The molecule has 0 saturated carbocycles. The van der Waals surface area contributed by atoms with Gasteiger partial charge in [-0.1, -0.05) is 17.7 Å². The first-order valence-corrected chi connectivity index (χ1v) is 7.31. The van der Waals surface area contributed by atoms with E-state index in [0.29, 0.717) is 0 Å². The van der Waals surface area contributed by atoms with Crippen LogP contribution in [0.5, 0.6) is 0 Å². The van der Waals surface area contributed by atoms with Crippen molar-refractivity contribution in [1.29, 1.82) is 0 Å². The second-order valence-corrected chi connectivity index (χ2v) is 6.05. The molecule has 1 aromatic rings. The Balaban J connectivity index is 2.91. The molecule has 0 saturated heterocycles. The van der Waals surface area contributed by atoms with Crippen LogP contribution in [0.15, 0.2) is 29.2 Å². The Morgan fingerprint density at radius 3 is 2.45 bits per heavy atom. The van der Waals surface area contributed by atoms with Gasteiger partial charge in [0.25, 0.3) is 0 Å². The number of benzene rings is 1. The summed E-state index contributed by atoms with van der Waals surface area (Å²) in [5, 5.41) is 17.6. The smallest absolute Gasteiger partial charge is 0.321 e. The Kier molecular flexibility index (Phi) is 5.49. The highest BCUT2D eigenvalue weighted by atomic mass is 35.5. The van der Waals surface area contributed by atoms with E-state index in [4.69, 9.17) is 21.8 Å². The van der Waals surface area contributed by atoms with Gasteiger partial charge in [-0.3, -0.25) is 9.59 Å². The van der Waals surface area contributed by atoms with E-state index in [2.05, 4.69) is 0 Å². The van der Waals surface area contributed by atoms with Crippen LogP contribution in [0.4, 0.5) is 0 Å². The third-order valence-electron chi connectivity index (χ3n) is 2.35. The molecule has 0 spiro atoms. The highest BCUT2D eigenvalue weighted by Gasteiger charge is 2.26. The topological polar surface area (TPSA) is 121 Å². The SMILES string of the molecule is O=C(O)CCC(NS(=O)(=O)c1cccc(Cl)c1)C(=O)O. The molecule has 20 heavy (non-hydrogen) atoms. The number of aliphatic carboxylic acids is 2. The van der Waals surface area contributed by atoms with Gasteiger partial charge in [-0.2, -0.15) is 4.72 Å². The van der Waals surface area contributed by atoms with Gasteiger partial charge in [0, 0.05) is 11.4 Å². The number of rotatable bonds is 7. The summed E-state index contributed by atoms with van der Waals surface area (Å²) < 4.78 is 25.9. The van der Waals surface area contributed by atoms with E-state index in [9.17, 15) is 18.0 Å². The number of hydrogen-bond donors (Lipinski definition) is 3.